The molecule has 118 valence electrons. The first-order valence-electron chi connectivity index (χ1n) is 7.80. The first kappa shape index (κ1) is 16.5. The van der Waals surface area contributed by atoms with Gasteiger partial charge in [0.15, 0.2) is 0 Å². The maximum atomic E-state index is 12.4. The molecule has 1 aromatic rings. The van der Waals surface area contributed by atoms with Crippen molar-refractivity contribution in [2.75, 3.05) is 0 Å². The summed E-state index contributed by atoms with van der Waals surface area (Å²) in [4.78, 5) is 0.324. The Hall–Kier alpha value is -0.910. The molecule has 0 spiro atoms. The molecule has 0 radical (unpaired) electrons. The Labute approximate surface area is 128 Å². The van der Waals surface area contributed by atoms with Crippen molar-refractivity contribution in [1.82, 2.24) is 4.72 Å². The number of rotatable bonds is 5. The third kappa shape index (κ3) is 4.28. The highest BCUT2D eigenvalue weighted by molar-refractivity contribution is 7.89. The van der Waals surface area contributed by atoms with E-state index in [2.05, 4.69) is 11.6 Å². The third-order valence-corrected chi connectivity index (χ3v) is 6.00. The topological polar surface area (TPSA) is 72.2 Å². The van der Waals surface area contributed by atoms with Crippen LogP contribution in [0.5, 0.6) is 0 Å². The lowest BCUT2D eigenvalue weighted by molar-refractivity contribution is 0.306. The Bertz CT molecular complexity index is 544. The predicted molar refractivity (Wildman–Crippen MR) is 85.4 cm³/mol. The summed E-state index contributed by atoms with van der Waals surface area (Å²) in [5.41, 5.74) is 6.73. The standard InChI is InChI=1S/C16H26N2O2S/c1-3-13-4-8-15(9-5-13)18-21(19,20)16-10-6-14(7-11-16)12(2)17/h6-7,10-13,15,18H,3-5,8-9,17H2,1-2H3. The van der Waals surface area contributed by atoms with Crippen molar-refractivity contribution in [2.45, 2.75) is 62.9 Å². The van der Waals surface area contributed by atoms with E-state index in [1.54, 1.807) is 24.3 Å². The minimum Gasteiger partial charge on any atom is -0.324 e. The van der Waals surface area contributed by atoms with Crippen LogP contribution in [0.25, 0.3) is 0 Å². The van der Waals surface area contributed by atoms with Crippen LogP contribution < -0.4 is 10.5 Å². The Morgan fingerprint density at radius 3 is 2.24 bits per heavy atom. The summed E-state index contributed by atoms with van der Waals surface area (Å²) in [5, 5.41) is 0. The van der Waals surface area contributed by atoms with E-state index in [-0.39, 0.29) is 12.1 Å². The Balaban J connectivity index is 2.01. The second-order valence-electron chi connectivity index (χ2n) is 6.10. The predicted octanol–water partition coefficient (Wildman–Crippen LogP) is 2.95. The first-order chi connectivity index (χ1) is 9.92. The zero-order valence-corrected chi connectivity index (χ0v) is 13.7. The van der Waals surface area contributed by atoms with E-state index in [4.69, 9.17) is 5.73 Å². The minimum absolute atomic E-state index is 0.0749. The Kier molecular flexibility index (Phi) is 5.41. The molecule has 3 N–H and O–H groups in total. The molecule has 0 amide bonds. The van der Waals surface area contributed by atoms with Gasteiger partial charge in [-0.15, -0.1) is 0 Å². The number of nitrogens with one attached hydrogen (secondary N) is 1. The zero-order valence-electron chi connectivity index (χ0n) is 12.9. The molecule has 1 saturated carbocycles. The average molecular weight is 310 g/mol. The lowest BCUT2D eigenvalue weighted by atomic mass is 9.85. The molecule has 0 saturated heterocycles. The highest BCUT2D eigenvalue weighted by Gasteiger charge is 2.25. The van der Waals surface area contributed by atoms with Crippen molar-refractivity contribution in [3.05, 3.63) is 29.8 Å². The number of hydrogen-bond acceptors (Lipinski definition) is 3. The van der Waals surface area contributed by atoms with E-state index in [9.17, 15) is 8.42 Å². The molecule has 4 nitrogen and oxygen atoms in total. The third-order valence-electron chi connectivity index (χ3n) is 4.46. The van der Waals surface area contributed by atoms with Gasteiger partial charge < -0.3 is 5.73 Å². The van der Waals surface area contributed by atoms with Crippen molar-refractivity contribution in [3.63, 3.8) is 0 Å². The van der Waals surface area contributed by atoms with Crippen molar-refractivity contribution >= 4 is 10.0 Å². The summed E-state index contributed by atoms with van der Waals surface area (Å²) in [5.74, 6) is 0.760. The number of hydrogen-bond donors (Lipinski definition) is 2. The molecular weight excluding hydrogens is 284 g/mol. The fourth-order valence-electron chi connectivity index (χ4n) is 2.93. The fourth-order valence-corrected chi connectivity index (χ4v) is 4.23. The average Bonchev–Trinajstić information content (AvgIpc) is 2.48. The maximum absolute atomic E-state index is 12.4. The van der Waals surface area contributed by atoms with Crippen LogP contribution in [0.2, 0.25) is 0 Å². The maximum Gasteiger partial charge on any atom is 0.240 e. The molecular formula is C16H26N2O2S. The molecule has 1 aliphatic carbocycles. The SMILES string of the molecule is CCC1CCC(NS(=O)(=O)c2ccc(C(C)N)cc2)CC1. The van der Waals surface area contributed by atoms with Crippen LogP contribution in [0.15, 0.2) is 29.2 Å². The molecule has 1 unspecified atom stereocenters. The largest absolute Gasteiger partial charge is 0.324 e. The zero-order chi connectivity index (χ0) is 15.5. The number of nitrogens with two attached hydrogens (primary N) is 1. The molecule has 0 heterocycles. The van der Waals surface area contributed by atoms with Gasteiger partial charge in [0, 0.05) is 12.1 Å². The normalized spacial score (nSPS) is 24.7. The molecule has 1 atom stereocenters. The lowest BCUT2D eigenvalue weighted by Gasteiger charge is -2.28. The van der Waals surface area contributed by atoms with Gasteiger partial charge in [0.25, 0.3) is 0 Å². The smallest absolute Gasteiger partial charge is 0.240 e. The molecule has 0 aromatic heterocycles. The van der Waals surface area contributed by atoms with Gasteiger partial charge in [0.2, 0.25) is 10.0 Å². The monoisotopic (exact) mass is 310 g/mol. The summed E-state index contributed by atoms with van der Waals surface area (Å²) in [6.07, 6.45) is 5.31. The van der Waals surface area contributed by atoms with E-state index >= 15 is 0 Å². The van der Waals surface area contributed by atoms with Crippen LogP contribution in [0.4, 0.5) is 0 Å². The van der Waals surface area contributed by atoms with Crippen LogP contribution in [0.3, 0.4) is 0 Å². The fraction of sp³-hybridized carbons (Fsp3) is 0.625. The number of benzene rings is 1. The summed E-state index contributed by atoms with van der Waals surface area (Å²) in [6.45, 7) is 4.09. The van der Waals surface area contributed by atoms with E-state index in [1.807, 2.05) is 6.92 Å². The van der Waals surface area contributed by atoms with Crippen LogP contribution >= 0.6 is 0 Å². The van der Waals surface area contributed by atoms with Crippen molar-refractivity contribution in [3.8, 4) is 0 Å². The van der Waals surface area contributed by atoms with Gasteiger partial charge in [-0.05, 0) is 56.2 Å². The van der Waals surface area contributed by atoms with E-state index in [1.165, 1.54) is 6.42 Å². The Morgan fingerprint density at radius 1 is 1.19 bits per heavy atom. The summed E-state index contributed by atoms with van der Waals surface area (Å²) >= 11 is 0. The molecule has 5 heteroatoms. The van der Waals surface area contributed by atoms with Gasteiger partial charge in [0.1, 0.15) is 0 Å². The lowest BCUT2D eigenvalue weighted by Crippen LogP contribution is -2.37. The summed E-state index contributed by atoms with van der Waals surface area (Å²) < 4.78 is 27.6. The van der Waals surface area contributed by atoms with Gasteiger partial charge in [-0.3, -0.25) is 0 Å². The summed E-state index contributed by atoms with van der Waals surface area (Å²) in [6, 6.07) is 6.84. The van der Waals surface area contributed by atoms with Gasteiger partial charge in [-0.2, -0.15) is 0 Å². The quantitative estimate of drug-likeness (QED) is 0.878. The van der Waals surface area contributed by atoms with E-state index in [0.29, 0.717) is 4.90 Å². The van der Waals surface area contributed by atoms with Gasteiger partial charge in [-0.1, -0.05) is 25.5 Å². The van der Waals surface area contributed by atoms with Crippen LogP contribution in [-0.4, -0.2) is 14.5 Å². The molecule has 1 fully saturated rings. The Morgan fingerprint density at radius 2 is 1.76 bits per heavy atom. The van der Waals surface area contributed by atoms with Crippen LogP contribution in [-0.2, 0) is 10.0 Å². The van der Waals surface area contributed by atoms with Crippen molar-refractivity contribution in [1.29, 1.82) is 0 Å². The first-order valence-corrected chi connectivity index (χ1v) is 9.28. The highest BCUT2D eigenvalue weighted by Crippen LogP contribution is 2.27. The summed E-state index contributed by atoms with van der Waals surface area (Å²) in [7, 11) is -3.42. The van der Waals surface area contributed by atoms with Crippen molar-refractivity contribution in [2.24, 2.45) is 11.7 Å². The van der Waals surface area contributed by atoms with Gasteiger partial charge in [0.05, 0.1) is 4.90 Å². The second kappa shape index (κ2) is 6.90. The highest BCUT2D eigenvalue weighted by atomic mass is 32.2. The van der Waals surface area contributed by atoms with Gasteiger partial charge in [-0.25, -0.2) is 13.1 Å². The second-order valence-corrected chi connectivity index (χ2v) is 7.82. The van der Waals surface area contributed by atoms with E-state index in [0.717, 1.165) is 37.2 Å². The van der Waals surface area contributed by atoms with Gasteiger partial charge >= 0.3 is 0 Å². The molecule has 21 heavy (non-hydrogen) atoms. The van der Waals surface area contributed by atoms with Crippen LogP contribution in [0, 0.1) is 5.92 Å². The molecule has 0 aliphatic heterocycles. The molecule has 0 bridgehead atoms. The van der Waals surface area contributed by atoms with E-state index < -0.39 is 10.0 Å². The molecule has 2 rings (SSSR count). The van der Waals surface area contributed by atoms with Crippen molar-refractivity contribution < 1.29 is 8.42 Å². The molecule has 1 aromatic carbocycles. The number of sulfonamides is 1. The molecule has 1 aliphatic rings. The van der Waals surface area contributed by atoms with Crippen LogP contribution in [0.1, 0.15) is 57.6 Å². The minimum atomic E-state index is -3.42.